The number of nitrogens with one attached hydrogen (secondary N) is 1. The summed E-state index contributed by atoms with van der Waals surface area (Å²) in [5.41, 5.74) is 2.79. The van der Waals surface area contributed by atoms with Crippen LogP contribution in [0, 0.1) is 0 Å². The molecule has 2 aromatic carbocycles. The number of ether oxygens (including phenoxy) is 1. The summed E-state index contributed by atoms with van der Waals surface area (Å²) in [7, 11) is -2.01. The second-order valence-corrected chi connectivity index (χ2v) is 9.80. The number of hydrogen-bond donors (Lipinski definition) is 1. The minimum atomic E-state index is -3.69. The zero-order valence-corrected chi connectivity index (χ0v) is 17.8. The third kappa shape index (κ3) is 4.44. The first kappa shape index (κ1) is 20.2. The molecule has 3 aromatic rings. The minimum absolute atomic E-state index is 0.112. The molecular weight excluding hydrogens is 410 g/mol. The smallest absolute Gasteiger partial charge is 0.307 e. The van der Waals surface area contributed by atoms with Crippen LogP contribution in [0.4, 0.5) is 0 Å². The molecule has 1 fully saturated rings. The van der Waals surface area contributed by atoms with Gasteiger partial charge in [0.1, 0.15) is 0 Å². The van der Waals surface area contributed by atoms with Gasteiger partial charge in [0, 0.05) is 33.2 Å². The molecule has 0 amide bonds. The quantitative estimate of drug-likeness (QED) is 0.642. The molecule has 1 aliphatic heterocycles. The zero-order chi connectivity index (χ0) is 20.4. The Morgan fingerprint density at radius 3 is 2.59 bits per heavy atom. The summed E-state index contributed by atoms with van der Waals surface area (Å²) in [4.78, 5) is 14.2. The van der Waals surface area contributed by atoms with E-state index in [4.69, 9.17) is 4.74 Å². The van der Waals surface area contributed by atoms with Crippen molar-refractivity contribution in [2.45, 2.75) is 18.0 Å². The Hall–Kier alpha value is -2.04. The molecule has 2 heterocycles. The van der Waals surface area contributed by atoms with E-state index in [0.29, 0.717) is 4.70 Å². The molecule has 29 heavy (non-hydrogen) atoms. The van der Waals surface area contributed by atoms with Gasteiger partial charge in [0.25, 0.3) is 0 Å². The van der Waals surface area contributed by atoms with E-state index in [0.717, 1.165) is 60.8 Å². The number of fused-ring (bicyclic) bond motifs is 1. The molecule has 1 aliphatic rings. The van der Waals surface area contributed by atoms with Crippen LogP contribution < -0.4 is 9.60 Å². The highest BCUT2D eigenvalue weighted by Crippen LogP contribution is 2.21. The van der Waals surface area contributed by atoms with Gasteiger partial charge in [-0.05, 0) is 29.3 Å². The number of rotatable bonds is 6. The van der Waals surface area contributed by atoms with Gasteiger partial charge >= 0.3 is 4.87 Å². The second-order valence-electron chi connectivity index (χ2n) is 7.04. The molecule has 9 heteroatoms. The average molecular weight is 434 g/mol. The van der Waals surface area contributed by atoms with Crippen LogP contribution in [0.25, 0.3) is 10.2 Å². The molecule has 1 aromatic heterocycles. The average Bonchev–Trinajstić information content (AvgIpc) is 3.01. The summed E-state index contributed by atoms with van der Waals surface area (Å²) in [5.74, 6) is 0. The van der Waals surface area contributed by atoms with Crippen LogP contribution in [-0.4, -0.2) is 44.2 Å². The highest BCUT2D eigenvalue weighted by atomic mass is 32.2. The monoisotopic (exact) mass is 433 g/mol. The Morgan fingerprint density at radius 2 is 1.83 bits per heavy atom. The lowest BCUT2D eigenvalue weighted by atomic mass is 10.1. The molecule has 1 saturated heterocycles. The van der Waals surface area contributed by atoms with Crippen LogP contribution in [0.5, 0.6) is 0 Å². The molecule has 154 valence electrons. The van der Waals surface area contributed by atoms with Crippen molar-refractivity contribution in [3.8, 4) is 0 Å². The van der Waals surface area contributed by atoms with E-state index >= 15 is 0 Å². The Morgan fingerprint density at radius 1 is 1.10 bits per heavy atom. The number of aryl methyl sites for hydroxylation is 1. The van der Waals surface area contributed by atoms with Gasteiger partial charge in [0.05, 0.1) is 28.3 Å². The van der Waals surface area contributed by atoms with Crippen molar-refractivity contribution in [2.75, 3.05) is 26.3 Å². The van der Waals surface area contributed by atoms with E-state index in [9.17, 15) is 13.2 Å². The van der Waals surface area contributed by atoms with E-state index in [2.05, 4.69) is 9.62 Å². The van der Waals surface area contributed by atoms with Gasteiger partial charge in [-0.25, -0.2) is 13.1 Å². The van der Waals surface area contributed by atoms with Crippen LogP contribution >= 0.6 is 11.3 Å². The van der Waals surface area contributed by atoms with Crippen LogP contribution in [0.3, 0.4) is 0 Å². The van der Waals surface area contributed by atoms with E-state index < -0.39 is 10.0 Å². The topological polar surface area (TPSA) is 80.6 Å². The van der Waals surface area contributed by atoms with Crippen LogP contribution in [0.2, 0.25) is 0 Å². The fraction of sp³-hybridized carbons (Fsp3) is 0.350. The van der Waals surface area contributed by atoms with E-state index in [1.807, 2.05) is 24.3 Å². The van der Waals surface area contributed by atoms with Crippen molar-refractivity contribution in [3.05, 3.63) is 63.3 Å². The molecule has 0 radical (unpaired) electrons. The fourth-order valence-electron chi connectivity index (χ4n) is 3.42. The maximum Gasteiger partial charge on any atom is 0.307 e. The van der Waals surface area contributed by atoms with Crippen molar-refractivity contribution in [1.82, 2.24) is 14.2 Å². The first-order valence-corrected chi connectivity index (χ1v) is 11.7. The Bertz CT molecular complexity index is 1180. The molecule has 0 spiro atoms. The first-order chi connectivity index (χ1) is 13.9. The Kier molecular flexibility index (Phi) is 5.84. The fourth-order valence-corrected chi connectivity index (χ4v) is 5.45. The predicted molar refractivity (Wildman–Crippen MR) is 114 cm³/mol. The van der Waals surface area contributed by atoms with Crippen molar-refractivity contribution >= 4 is 31.6 Å². The lowest BCUT2D eigenvalue weighted by Gasteiger charge is -2.27. The summed E-state index contributed by atoms with van der Waals surface area (Å²) >= 11 is 1.04. The molecule has 0 saturated carbocycles. The third-order valence-electron chi connectivity index (χ3n) is 5.14. The summed E-state index contributed by atoms with van der Waals surface area (Å²) < 4.78 is 35.9. The van der Waals surface area contributed by atoms with Gasteiger partial charge in [-0.1, -0.05) is 35.6 Å². The van der Waals surface area contributed by atoms with E-state index in [1.165, 1.54) is 10.6 Å². The van der Waals surface area contributed by atoms with Crippen molar-refractivity contribution in [1.29, 1.82) is 0 Å². The number of morpholine rings is 1. The number of sulfonamides is 1. The molecule has 4 rings (SSSR count). The maximum absolute atomic E-state index is 12.8. The van der Waals surface area contributed by atoms with Gasteiger partial charge in [-0.3, -0.25) is 9.69 Å². The van der Waals surface area contributed by atoms with Gasteiger partial charge in [-0.15, -0.1) is 0 Å². The van der Waals surface area contributed by atoms with Crippen LogP contribution in [-0.2, 0) is 34.9 Å². The lowest BCUT2D eigenvalue weighted by molar-refractivity contribution is 0.0341. The Balaban J connectivity index is 1.51. The standard InChI is InChI=1S/C20H23N3O4S2/c1-22-18-7-6-17(12-19(18)28-20(22)24)29(25,26)21-13-15-4-2-3-5-16(15)14-23-8-10-27-11-9-23/h2-7,12,21H,8-11,13-14H2,1H3. The predicted octanol–water partition coefficient (Wildman–Crippen LogP) is 1.91. The van der Waals surface area contributed by atoms with Crippen molar-refractivity contribution in [2.24, 2.45) is 7.05 Å². The van der Waals surface area contributed by atoms with Gasteiger partial charge in [0.2, 0.25) is 10.0 Å². The molecule has 0 aliphatic carbocycles. The van der Waals surface area contributed by atoms with Gasteiger partial charge in [0.15, 0.2) is 0 Å². The van der Waals surface area contributed by atoms with E-state index in [1.54, 1.807) is 19.2 Å². The number of hydrogen-bond acceptors (Lipinski definition) is 6. The SMILES string of the molecule is Cn1c(=O)sc2cc(S(=O)(=O)NCc3ccccc3CN3CCOCC3)ccc21. The lowest BCUT2D eigenvalue weighted by Crippen LogP contribution is -2.36. The van der Waals surface area contributed by atoms with Gasteiger partial charge < -0.3 is 9.30 Å². The summed E-state index contributed by atoms with van der Waals surface area (Å²) in [5, 5.41) is 0. The van der Waals surface area contributed by atoms with Crippen LogP contribution in [0.1, 0.15) is 11.1 Å². The third-order valence-corrected chi connectivity index (χ3v) is 7.54. The molecule has 0 bridgehead atoms. The molecule has 0 unspecified atom stereocenters. The van der Waals surface area contributed by atoms with Gasteiger partial charge in [-0.2, -0.15) is 0 Å². The molecular formula is C20H23N3O4S2. The highest BCUT2D eigenvalue weighted by Gasteiger charge is 2.18. The molecule has 0 atom stereocenters. The summed E-state index contributed by atoms with van der Waals surface area (Å²) in [6.45, 7) is 4.18. The zero-order valence-electron chi connectivity index (χ0n) is 16.1. The number of aromatic nitrogens is 1. The number of thiazole rings is 1. The second kappa shape index (κ2) is 8.37. The first-order valence-electron chi connectivity index (χ1n) is 9.40. The summed E-state index contributed by atoms with van der Waals surface area (Å²) in [6, 6.07) is 12.6. The number of nitrogens with zero attached hydrogens (tertiary/aromatic N) is 2. The Labute approximate surface area is 173 Å². The molecule has 7 nitrogen and oxygen atoms in total. The summed E-state index contributed by atoms with van der Waals surface area (Å²) in [6.07, 6.45) is 0. The normalized spacial score (nSPS) is 15.8. The van der Waals surface area contributed by atoms with E-state index in [-0.39, 0.29) is 16.3 Å². The van der Waals surface area contributed by atoms with Crippen LogP contribution in [0.15, 0.2) is 52.2 Å². The maximum atomic E-state index is 12.8. The molecule has 1 N–H and O–H groups in total. The van der Waals surface area contributed by atoms with Crippen molar-refractivity contribution < 1.29 is 13.2 Å². The largest absolute Gasteiger partial charge is 0.379 e. The highest BCUT2D eigenvalue weighted by molar-refractivity contribution is 7.89. The van der Waals surface area contributed by atoms with Crippen molar-refractivity contribution in [3.63, 3.8) is 0 Å². The minimum Gasteiger partial charge on any atom is -0.379 e. The number of benzene rings is 2.